The van der Waals surface area contributed by atoms with E-state index in [0.717, 1.165) is 53.3 Å². The number of fused-ring (bicyclic) bond motifs is 1. The minimum absolute atomic E-state index is 0.0131. The molecule has 1 heterocycles. The van der Waals surface area contributed by atoms with Crippen molar-refractivity contribution >= 4 is 57.6 Å². The molecule has 0 bridgehead atoms. The molecule has 2 aliphatic rings. The van der Waals surface area contributed by atoms with Crippen LogP contribution in [0.3, 0.4) is 0 Å². The third-order valence-electron chi connectivity index (χ3n) is 7.35. The van der Waals surface area contributed by atoms with E-state index in [0.29, 0.717) is 5.02 Å². The van der Waals surface area contributed by atoms with Crippen LogP contribution < -0.4 is 15.5 Å². The van der Waals surface area contributed by atoms with Crippen molar-refractivity contribution in [1.82, 2.24) is 0 Å². The third-order valence-corrected chi connectivity index (χ3v) is 8.62. The first kappa shape index (κ1) is 26.0. The zero-order valence-corrected chi connectivity index (χ0v) is 23.7. The molecule has 192 valence electrons. The first-order valence-corrected chi connectivity index (χ1v) is 13.7. The summed E-state index contributed by atoms with van der Waals surface area (Å²) < 4.78 is -0.898. The highest BCUT2D eigenvalue weighted by atomic mass is 35.5. The van der Waals surface area contributed by atoms with E-state index in [4.69, 9.17) is 34.8 Å². The number of rotatable bonds is 7. The molecule has 2 N–H and O–H groups in total. The van der Waals surface area contributed by atoms with Crippen molar-refractivity contribution in [3.63, 3.8) is 0 Å². The summed E-state index contributed by atoms with van der Waals surface area (Å²) in [4.78, 5) is 2.30. The number of aryl methyl sites for hydroxylation is 3. The number of allylic oxidation sites excluding steroid dienone is 1. The van der Waals surface area contributed by atoms with Crippen molar-refractivity contribution in [2.75, 3.05) is 29.1 Å². The molecule has 1 aliphatic heterocycles. The molecule has 0 aromatic heterocycles. The zero-order valence-electron chi connectivity index (χ0n) is 21.5. The summed E-state index contributed by atoms with van der Waals surface area (Å²) in [6.45, 7) is 13.8. The highest BCUT2D eigenvalue weighted by Crippen LogP contribution is 2.67. The van der Waals surface area contributed by atoms with Crippen LogP contribution >= 0.6 is 34.8 Å². The monoisotopic (exact) mass is 551 g/mol. The van der Waals surface area contributed by atoms with Crippen LogP contribution in [-0.4, -0.2) is 17.9 Å². The summed E-state index contributed by atoms with van der Waals surface area (Å²) in [5.74, 6) is -0.119. The zero-order chi connectivity index (χ0) is 26.5. The number of nitrogens with one attached hydrogen (secondary N) is 2. The maximum atomic E-state index is 6.75. The van der Waals surface area contributed by atoms with Gasteiger partial charge in [0, 0.05) is 59.4 Å². The lowest BCUT2D eigenvalue weighted by atomic mass is 10.0. The Morgan fingerprint density at radius 1 is 0.946 bits per heavy atom. The van der Waals surface area contributed by atoms with Gasteiger partial charge in [0.05, 0.1) is 5.02 Å². The molecule has 3 aromatic carbocycles. The van der Waals surface area contributed by atoms with Gasteiger partial charge in [-0.3, -0.25) is 0 Å². The van der Waals surface area contributed by atoms with E-state index in [1.54, 1.807) is 0 Å². The maximum Gasteiger partial charge on any atom is 0.134 e. The molecule has 2 atom stereocenters. The van der Waals surface area contributed by atoms with E-state index < -0.39 is 4.33 Å². The average molecular weight is 553 g/mol. The number of hydrogen-bond acceptors (Lipinski definition) is 3. The second kappa shape index (κ2) is 9.94. The Balaban J connectivity index is 1.31. The van der Waals surface area contributed by atoms with E-state index in [-0.39, 0.29) is 11.8 Å². The molecule has 1 fully saturated rings. The minimum atomic E-state index is -0.898. The fourth-order valence-electron chi connectivity index (χ4n) is 5.57. The van der Waals surface area contributed by atoms with Gasteiger partial charge in [-0.1, -0.05) is 54.1 Å². The number of hydrogen-bond donors (Lipinski definition) is 2. The van der Waals surface area contributed by atoms with Gasteiger partial charge in [-0.05, 0) is 74.2 Å². The summed E-state index contributed by atoms with van der Waals surface area (Å²) in [6, 6.07) is 18.7. The maximum absolute atomic E-state index is 6.75. The van der Waals surface area contributed by atoms with Gasteiger partial charge in [-0.25, -0.2) is 0 Å². The van der Waals surface area contributed by atoms with Crippen LogP contribution in [0, 0.1) is 19.8 Å². The summed E-state index contributed by atoms with van der Waals surface area (Å²) in [5, 5.41) is 7.49. The predicted molar refractivity (Wildman–Crippen MR) is 161 cm³/mol. The first-order valence-electron chi connectivity index (χ1n) is 12.6. The summed E-state index contributed by atoms with van der Waals surface area (Å²) in [7, 11) is 2.14. The van der Waals surface area contributed by atoms with Crippen LogP contribution in [0.5, 0.6) is 0 Å². The van der Waals surface area contributed by atoms with Crippen LogP contribution in [0.2, 0.25) is 5.02 Å². The Kier molecular flexibility index (Phi) is 7.00. The highest BCUT2D eigenvalue weighted by molar-refractivity contribution is 6.52. The van der Waals surface area contributed by atoms with Gasteiger partial charge in [0.25, 0.3) is 0 Å². The molecule has 3 aromatic rings. The number of anilines is 3. The predicted octanol–water partition coefficient (Wildman–Crippen LogP) is 8.94. The van der Waals surface area contributed by atoms with Crippen molar-refractivity contribution in [1.29, 1.82) is 0 Å². The average Bonchev–Trinajstić information content (AvgIpc) is 3.41. The van der Waals surface area contributed by atoms with Crippen LogP contribution in [-0.2, 0) is 6.42 Å². The first-order chi connectivity index (χ1) is 17.5. The number of benzene rings is 3. The Hall–Kier alpha value is -2.59. The lowest BCUT2D eigenvalue weighted by Crippen LogP contribution is -2.24. The standard InChI is InChI=1S/C31H32Cl3N3/c1-18-13-19(2)15-23(14-18)30-29(31(30,33)34)21(4)36-25-8-10-27(32)26(17-25)20(3)35-24-9-11-28-22(16-24)7-6-12-37(28)5/h8-11,13-17,29-30,35-36H,3-4,6-7,12H2,1-2,5H3. The quantitative estimate of drug-likeness (QED) is 0.286. The Morgan fingerprint density at radius 3 is 2.35 bits per heavy atom. The van der Waals surface area contributed by atoms with Crippen LogP contribution in [0.4, 0.5) is 17.1 Å². The van der Waals surface area contributed by atoms with E-state index in [1.807, 2.05) is 18.2 Å². The van der Waals surface area contributed by atoms with Crippen LogP contribution in [0.1, 0.15) is 40.2 Å². The number of halogens is 3. The second-order valence-corrected chi connectivity index (χ2v) is 12.2. The largest absolute Gasteiger partial charge is 0.374 e. The van der Waals surface area contributed by atoms with Crippen molar-refractivity contribution < 1.29 is 0 Å². The van der Waals surface area contributed by atoms with E-state index in [9.17, 15) is 0 Å². The molecule has 0 radical (unpaired) electrons. The third kappa shape index (κ3) is 5.23. The summed E-state index contributed by atoms with van der Waals surface area (Å²) in [5.41, 5.74) is 10.4. The lowest BCUT2D eigenvalue weighted by Gasteiger charge is -2.28. The second-order valence-electron chi connectivity index (χ2n) is 10.4. The fraction of sp³-hybridized carbons (Fsp3) is 0.290. The topological polar surface area (TPSA) is 27.3 Å². The van der Waals surface area contributed by atoms with Gasteiger partial charge in [-0.2, -0.15) is 0 Å². The van der Waals surface area contributed by atoms with Crippen molar-refractivity contribution in [3.8, 4) is 0 Å². The van der Waals surface area contributed by atoms with Gasteiger partial charge < -0.3 is 15.5 Å². The number of nitrogens with zero attached hydrogens (tertiary/aromatic N) is 1. The Bertz CT molecular complexity index is 1370. The summed E-state index contributed by atoms with van der Waals surface area (Å²) >= 11 is 20.1. The van der Waals surface area contributed by atoms with Crippen molar-refractivity contribution in [3.05, 3.63) is 106 Å². The molecule has 5 rings (SSSR count). The molecule has 3 nitrogen and oxygen atoms in total. The normalized spacial score (nSPS) is 19.7. The van der Waals surface area contributed by atoms with Gasteiger partial charge in [0.1, 0.15) is 4.33 Å². The van der Waals surface area contributed by atoms with Crippen molar-refractivity contribution in [2.24, 2.45) is 5.92 Å². The number of alkyl halides is 2. The summed E-state index contributed by atoms with van der Waals surface area (Å²) in [6.07, 6.45) is 2.24. The van der Waals surface area contributed by atoms with E-state index >= 15 is 0 Å². The lowest BCUT2D eigenvalue weighted by molar-refractivity contribution is 0.745. The SMILES string of the molecule is C=C(Nc1ccc2c(c1)CCCN2C)c1cc(NC(=C)C2C(c3cc(C)cc(C)c3)C2(Cl)Cl)ccc1Cl. The molecule has 0 spiro atoms. The highest BCUT2D eigenvalue weighted by Gasteiger charge is 2.65. The molecular formula is C31H32Cl3N3. The van der Waals surface area contributed by atoms with E-state index in [2.05, 4.69) is 86.0 Å². The van der Waals surface area contributed by atoms with E-state index in [1.165, 1.54) is 22.4 Å². The molecule has 2 unspecified atom stereocenters. The smallest absolute Gasteiger partial charge is 0.134 e. The van der Waals surface area contributed by atoms with Gasteiger partial charge in [0.15, 0.2) is 0 Å². The minimum Gasteiger partial charge on any atom is -0.374 e. The van der Waals surface area contributed by atoms with Gasteiger partial charge >= 0.3 is 0 Å². The molecule has 1 aliphatic carbocycles. The van der Waals surface area contributed by atoms with Crippen LogP contribution in [0.25, 0.3) is 5.70 Å². The molecule has 0 saturated heterocycles. The Labute approximate surface area is 235 Å². The van der Waals surface area contributed by atoms with Crippen molar-refractivity contribution in [2.45, 2.75) is 36.9 Å². The molecule has 1 saturated carbocycles. The molecule has 0 amide bonds. The molecular weight excluding hydrogens is 521 g/mol. The molecule has 37 heavy (non-hydrogen) atoms. The molecule has 6 heteroatoms. The fourth-order valence-corrected chi connectivity index (χ4v) is 6.69. The van der Waals surface area contributed by atoms with Gasteiger partial charge in [-0.15, -0.1) is 23.2 Å². The van der Waals surface area contributed by atoms with Gasteiger partial charge in [0.2, 0.25) is 0 Å². The van der Waals surface area contributed by atoms with Crippen LogP contribution in [0.15, 0.2) is 73.5 Å². The Morgan fingerprint density at radius 2 is 1.62 bits per heavy atom.